The van der Waals surface area contributed by atoms with Crippen LogP contribution in [-0.2, 0) is 14.3 Å². The fourth-order valence-corrected chi connectivity index (χ4v) is 2.49. The standard InChI is InChI=1S/C21H23NO4/c1-14-8-12-18(13-9-14)25-15(2)21(24)26-19(16-6-4-3-5-7-16)20(23)22-17-10-11-17/h3-9,12-13,15,17,19H,10-11H2,1-2H3,(H,22,23)/t15-,19+/m1/s1. The predicted molar refractivity (Wildman–Crippen MR) is 97.7 cm³/mol. The Morgan fingerprint density at radius 2 is 1.69 bits per heavy atom. The summed E-state index contributed by atoms with van der Waals surface area (Å²) in [7, 11) is 0. The van der Waals surface area contributed by atoms with Crippen LogP contribution in [0.15, 0.2) is 54.6 Å². The Kier molecular flexibility index (Phi) is 5.56. The van der Waals surface area contributed by atoms with E-state index in [2.05, 4.69) is 5.32 Å². The smallest absolute Gasteiger partial charge is 0.348 e. The van der Waals surface area contributed by atoms with Crippen LogP contribution in [0, 0.1) is 6.92 Å². The molecule has 2 atom stereocenters. The van der Waals surface area contributed by atoms with Crippen molar-refractivity contribution in [2.45, 2.75) is 44.9 Å². The molecule has 0 radical (unpaired) electrons. The van der Waals surface area contributed by atoms with Crippen molar-refractivity contribution in [2.75, 3.05) is 0 Å². The van der Waals surface area contributed by atoms with Gasteiger partial charge in [0.2, 0.25) is 6.10 Å². The fourth-order valence-electron chi connectivity index (χ4n) is 2.49. The maximum Gasteiger partial charge on any atom is 0.348 e. The number of ether oxygens (including phenoxy) is 2. The summed E-state index contributed by atoms with van der Waals surface area (Å²) in [5.74, 6) is -0.293. The first-order valence-electron chi connectivity index (χ1n) is 8.82. The molecule has 1 fully saturated rings. The molecule has 0 heterocycles. The van der Waals surface area contributed by atoms with Crippen molar-refractivity contribution in [3.8, 4) is 5.75 Å². The third-order valence-corrected chi connectivity index (χ3v) is 4.16. The lowest BCUT2D eigenvalue weighted by molar-refractivity contribution is -0.162. The minimum atomic E-state index is -0.978. The number of hydrogen-bond acceptors (Lipinski definition) is 4. The Labute approximate surface area is 153 Å². The van der Waals surface area contributed by atoms with Crippen LogP contribution in [0.4, 0.5) is 0 Å². The summed E-state index contributed by atoms with van der Waals surface area (Å²) in [6, 6.07) is 16.6. The van der Waals surface area contributed by atoms with Crippen molar-refractivity contribution < 1.29 is 19.1 Å². The Morgan fingerprint density at radius 1 is 1.04 bits per heavy atom. The van der Waals surface area contributed by atoms with E-state index in [9.17, 15) is 9.59 Å². The Balaban J connectivity index is 1.67. The summed E-state index contributed by atoms with van der Waals surface area (Å²) in [5, 5.41) is 2.90. The zero-order valence-corrected chi connectivity index (χ0v) is 15.0. The molecule has 2 aromatic rings. The van der Waals surface area contributed by atoms with E-state index in [-0.39, 0.29) is 11.9 Å². The Morgan fingerprint density at radius 3 is 2.31 bits per heavy atom. The van der Waals surface area contributed by atoms with Gasteiger partial charge < -0.3 is 14.8 Å². The van der Waals surface area contributed by atoms with Crippen LogP contribution < -0.4 is 10.1 Å². The molecule has 136 valence electrons. The lowest BCUT2D eigenvalue weighted by Crippen LogP contribution is -2.36. The van der Waals surface area contributed by atoms with Gasteiger partial charge in [-0.15, -0.1) is 0 Å². The fraction of sp³-hybridized carbons (Fsp3) is 0.333. The van der Waals surface area contributed by atoms with Gasteiger partial charge in [0.1, 0.15) is 5.75 Å². The molecule has 0 saturated heterocycles. The van der Waals surface area contributed by atoms with Crippen LogP contribution in [0.1, 0.15) is 37.0 Å². The highest BCUT2D eigenvalue weighted by atomic mass is 16.6. The quantitative estimate of drug-likeness (QED) is 0.776. The highest BCUT2D eigenvalue weighted by Crippen LogP contribution is 2.24. The number of rotatable bonds is 7. The van der Waals surface area contributed by atoms with Crippen molar-refractivity contribution in [3.63, 3.8) is 0 Å². The van der Waals surface area contributed by atoms with Crippen molar-refractivity contribution in [1.82, 2.24) is 5.32 Å². The monoisotopic (exact) mass is 353 g/mol. The molecule has 5 heteroatoms. The summed E-state index contributed by atoms with van der Waals surface area (Å²) in [6.45, 7) is 3.59. The predicted octanol–water partition coefficient (Wildman–Crippen LogP) is 3.33. The second kappa shape index (κ2) is 8.04. The van der Waals surface area contributed by atoms with E-state index in [1.807, 2.05) is 37.3 Å². The van der Waals surface area contributed by atoms with Crippen molar-refractivity contribution in [1.29, 1.82) is 0 Å². The van der Waals surface area contributed by atoms with Crippen LogP contribution in [0.2, 0.25) is 0 Å². The third-order valence-electron chi connectivity index (χ3n) is 4.16. The molecule has 0 bridgehead atoms. The maximum atomic E-state index is 12.5. The molecule has 1 amide bonds. The van der Waals surface area contributed by atoms with Gasteiger partial charge in [-0.25, -0.2) is 4.79 Å². The first-order valence-corrected chi connectivity index (χ1v) is 8.82. The van der Waals surface area contributed by atoms with E-state index in [4.69, 9.17) is 9.47 Å². The topological polar surface area (TPSA) is 64.6 Å². The first-order chi connectivity index (χ1) is 12.5. The van der Waals surface area contributed by atoms with Gasteiger partial charge in [0.05, 0.1) is 0 Å². The molecular weight excluding hydrogens is 330 g/mol. The van der Waals surface area contributed by atoms with Gasteiger partial charge >= 0.3 is 5.97 Å². The molecule has 1 N–H and O–H groups in total. The summed E-state index contributed by atoms with van der Waals surface area (Å²) in [6.07, 6.45) is 0.133. The number of carbonyl (C=O) groups is 2. The van der Waals surface area contributed by atoms with Crippen molar-refractivity contribution in [2.24, 2.45) is 0 Å². The molecule has 26 heavy (non-hydrogen) atoms. The number of hydrogen-bond donors (Lipinski definition) is 1. The largest absolute Gasteiger partial charge is 0.479 e. The second-order valence-corrected chi connectivity index (χ2v) is 6.58. The van der Waals surface area contributed by atoms with E-state index < -0.39 is 18.2 Å². The summed E-state index contributed by atoms with van der Waals surface area (Å²) < 4.78 is 11.1. The first kappa shape index (κ1) is 18.0. The van der Waals surface area contributed by atoms with E-state index in [0.717, 1.165) is 18.4 Å². The highest BCUT2D eigenvalue weighted by molar-refractivity contribution is 5.86. The van der Waals surface area contributed by atoms with E-state index >= 15 is 0 Å². The summed E-state index contributed by atoms with van der Waals surface area (Å²) in [5.41, 5.74) is 1.75. The molecular formula is C21H23NO4. The lowest BCUT2D eigenvalue weighted by atomic mass is 10.1. The normalized spacial score (nSPS) is 15.6. The molecule has 5 nitrogen and oxygen atoms in total. The van der Waals surface area contributed by atoms with E-state index in [0.29, 0.717) is 11.3 Å². The minimum absolute atomic E-state index is 0.189. The summed E-state index contributed by atoms with van der Waals surface area (Å²) in [4.78, 5) is 25.0. The lowest BCUT2D eigenvalue weighted by Gasteiger charge is -2.21. The minimum Gasteiger partial charge on any atom is -0.479 e. The number of benzene rings is 2. The molecule has 0 unspecified atom stereocenters. The van der Waals surface area contributed by atoms with Crippen LogP contribution in [0.25, 0.3) is 0 Å². The highest BCUT2D eigenvalue weighted by Gasteiger charge is 2.32. The number of nitrogens with one attached hydrogen (secondary N) is 1. The second-order valence-electron chi connectivity index (χ2n) is 6.58. The molecule has 3 rings (SSSR count). The molecule has 2 aromatic carbocycles. The molecule has 1 saturated carbocycles. The zero-order valence-electron chi connectivity index (χ0n) is 15.0. The molecule has 0 aliphatic heterocycles. The van der Waals surface area contributed by atoms with Crippen molar-refractivity contribution in [3.05, 3.63) is 65.7 Å². The summed E-state index contributed by atoms with van der Waals surface area (Å²) >= 11 is 0. The Bertz CT molecular complexity index is 753. The number of amides is 1. The molecule has 1 aliphatic carbocycles. The maximum absolute atomic E-state index is 12.5. The zero-order chi connectivity index (χ0) is 18.5. The van der Waals surface area contributed by atoms with Crippen LogP contribution in [-0.4, -0.2) is 24.0 Å². The third kappa shape index (κ3) is 4.85. The average molecular weight is 353 g/mol. The van der Waals surface area contributed by atoms with Gasteiger partial charge in [0.25, 0.3) is 5.91 Å². The molecule has 0 spiro atoms. The molecule has 1 aliphatic rings. The van der Waals surface area contributed by atoms with E-state index in [1.54, 1.807) is 31.2 Å². The SMILES string of the molecule is Cc1ccc(O[C@H](C)C(=O)O[C@H](C(=O)NC2CC2)c2ccccc2)cc1. The Hall–Kier alpha value is -2.82. The van der Waals surface area contributed by atoms with E-state index in [1.165, 1.54) is 0 Å². The van der Waals surface area contributed by atoms with Gasteiger partial charge in [-0.3, -0.25) is 4.79 Å². The van der Waals surface area contributed by atoms with Gasteiger partial charge in [-0.2, -0.15) is 0 Å². The van der Waals surface area contributed by atoms with Crippen LogP contribution in [0.3, 0.4) is 0 Å². The number of carbonyl (C=O) groups excluding carboxylic acids is 2. The van der Waals surface area contributed by atoms with Crippen LogP contribution >= 0.6 is 0 Å². The average Bonchev–Trinajstić information content (AvgIpc) is 3.46. The van der Waals surface area contributed by atoms with Gasteiger partial charge in [-0.05, 0) is 38.8 Å². The van der Waals surface area contributed by atoms with Crippen LogP contribution in [0.5, 0.6) is 5.75 Å². The van der Waals surface area contributed by atoms with Gasteiger partial charge in [-0.1, -0.05) is 48.0 Å². The molecule has 0 aromatic heterocycles. The van der Waals surface area contributed by atoms with Crippen molar-refractivity contribution >= 4 is 11.9 Å². The van der Waals surface area contributed by atoms with Gasteiger partial charge in [0, 0.05) is 11.6 Å². The number of aryl methyl sites for hydroxylation is 1. The van der Waals surface area contributed by atoms with Gasteiger partial charge in [0.15, 0.2) is 6.10 Å². The number of esters is 1.